The number of rotatable bonds is 6. The average Bonchev–Trinajstić information content (AvgIpc) is 2.64. The van der Waals surface area contributed by atoms with Gasteiger partial charge in [-0.2, -0.15) is 0 Å². The van der Waals surface area contributed by atoms with E-state index in [1.54, 1.807) is 39.5 Å². The Bertz CT molecular complexity index is 786. The summed E-state index contributed by atoms with van der Waals surface area (Å²) in [5, 5.41) is 0. The zero-order chi connectivity index (χ0) is 20.2. The Morgan fingerprint density at radius 1 is 1.19 bits per heavy atom. The molecule has 6 nitrogen and oxygen atoms in total. The summed E-state index contributed by atoms with van der Waals surface area (Å²) in [5.74, 6) is -1.53. The molecule has 0 bridgehead atoms. The molecule has 146 valence electrons. The molecule has 0 amide bonds. The molecule has 0 fully saturated rings. The van der Waals surface area contributed by atoms with Crippen molar-refractivity contribution in [1.29, 1.82) is 0 Å². The lowest BCUT2D eigenvalue weighted by molar-refractivity contribution is -0.151. The molecule has 0 spiro atoms. The Labute approximate surface area is 164 Å². The second-order valence-corrected chi connectivity index (χ2v) is 7.23. The summed E-state index contributed by atoms with van der Waals surface area (Å²) in [4.78, 5) is 31.0. The number of ether oxygens (including phenoxy) is 2. The summed E-state index contributed by atoms with van der Waals surface area (Å²) in [6.45, 7) is 7.27. The lowest BCUT2D eigenvalue weighted by Gasteiger charge is -2.39. The van der Waals surface area contributed by atoms with E-state index in [0.717, 1.165) is 10.5 Å². The van der Waals surface area contributed by atoms with E-state index in [9.17, 15) is 9.59 Å². The highest BCUT2D eigenvalue weighted by Gasteiger charge is 2.53. The minimum absolute atomic E-state index is 0.130. The number of allylic oxidation sites excluding steroid dienone is 1. The number of benzene rings is 1. The van der Waals surface area contributed by atoms with Crippen LogP contribution in [0.15, 0.2) is 45.4 Å². The largest absolute Gasteiger partial charge is 0.465 e. The van der Waals surface area contributed by atoms with Gasteiger partial charge in [-0.15, -0.1) is 11.8 Å². The SMILES string of the molecule is CCOC(=O)C1=C(C)N=C(N)C(C)(C(=O)OCC)C1c1ccc(SC)cc1. The maximum atomic E-state index is 12.9. The molecular weight excluding hydrogens is 364 g/mol. The molecule has 2 unspecified atom stereocenters. The highest BCUT2D eigenvalue weighted by atomic mass is 32.2. The first-order valence-corrected chi connectivity index (χ1v) is 10.1. The molecule has 2 rings (SSSR count). The number of hydrogen-bond donors (Lipinski definition) is 1. The van der Waals surface area contributed by atoms with Crippen LogP contribution in [0.4, 0.5) is 0 Å². The van der Waals surface area contributed by atoms with Crippen LogP contribution in [0.3, 0.4) is 0 Å². The molecule has 7 heteroatoms. The van der Waals surface area contributed by atoms with E-state index in [0.29, 0.717) is 11.3 Å². The number of thioether (sulfide) groups is 1. The summed E-state index contributed by atoms with van der Waals surface area (Å²) >= 11 is 1.61. The molecule has 1 aromatic carbocycles. The van der Waals surface area contributed by atoms with Gasteiger partial charge in [-0.1, -0.05) is 12.1 Å². The lowest BCUT2D eigenvalue weighted by Crippen LogP contribution is -2.50. The predicted molar refractivity (Wildman–Crippen MR) is 107 cm³/mol. The van der Waals surface area contributed by atoms with Crippen LogP contribution in [0.1, 0.15) is 39.2 Å². The first kappa shape index (κ1) is 21.0. The lowest BCUT2D eigenvalue weighted by atomic mass is 9.67. The third-order valence-electron chi connectivity index (χ3n) is 4.72. The fourth-order valence-corrected chi connectivity index (χ4v) is 3.68. The minimum Gasteiger partial charge on any atom is -0.465 e. The van der Waals surface area contributed by atoms with Crippen molar-refractivity contribution in [3.8, 4) is 0 Å². The van der Waals surface area contributed by atoms with Crippen LogP contribution in [-0.4, -0.2) is 37.2 Å². The van der Waals surface area contributed by atoms with E-state index in [1.165, 1.54) is 0 Å². The number of nitrogens with zero attached hydrogens (tertiary/aromatic N) is 1. The number of hydrogen-bond acceptors (Lipinski definition) is 7. The topological polar surface area (TPSA) is 91.0 Å². The summed E-state index contributed by atoms with van der Waals surface area (Å²) in [6.07, 6.45) is 1.98. The van der Waals surface area contributed by atoms with Crippen LogP contribution >= 0.6 is 11.8 Å². The van der Waals surface area contributed by atoms with Crippen molar-refractivity contribution in [2.45, 2.75) is 38.5 Å². The smallest absolute Gasteiger partial charge is 0.336 e. The molecule has 0 radical (unpaired) electrons. The van der Waals surface area contributed by atoms with Gasteiger partial charge in [-0.05, 0) is 51.6 Å². The van der Waals surface area contributed by atoms with Crippen LogP contribution in [0.2, 0.25) is 0 Å². The second-order valence-electron chi connectivity index (χ2n) is 6.35. The third kappa shape index (κ3) is 3.88. The highest BCUT2D eigenvalue weighted by Crippen LogP contribution is 2.47. The van der Waals surface area contributed by atoms with Crippen molar-refractivity contribution in [2.75, 3.05) is 19.5 Å². The second kappa shape index (κ2) is 8.61. The van der Waals surface area contributed by atoms with Crippen LogP contribution in [-0.2, 0) is 19.1 Å². The van der Waals surface area contributed by atoms with E-state index in [4.69, 9.17) is 15.2 Å². The van der Waals surface area contributed by atoms with Gasteiger partial charge in [0.05, 0.1) is 24.5 Å². The normalized spacial score (nSPS) is 22.3. The van der Waals surface area contributed by atoms with Gasteiger partial charge in [0.15, 0.2) is 0 Å². The molecule has 1 aromatic rings. The number of nitrogens with two attached hydrogens (primary N) is 1. The Hall–Kier alpha value is -2.28. The molecular formula is C20H26N2O4S. The zero-order valence-electron chi connectivity index (χ0n) is 16.4. The maximum Gasteiger partial charge on any atom is 0.336 e. The fraction of sp³-hybridized carbons (Fsp3) is 0.450. The number of carbonyl (C=O) groups is 2. The predicted octanol–water partition coefficient (Wildman–Crippen LogP) is 3.27. The molecule has 1 aliphatic rings. The van der Waals surface area contributed by atoms with Crippen LogP contribution in [0.25, 0.3) is 0 Å². The maximum absolute atomic E-state index is 12.9. The molecule has 0 saturated heterocycles. The van der Waals surface area contributed by atoms with Gasteiger partial charge >= 0.3 is 11.9 Å². The molecule has 27 heavy (non-hydrogen) atoms. The van der Waals surface area contributed by atoms with E-state index >= 15 is 0 Å². The molecule has 2 atom stereocenters. The van der Waals surface area contributed by atoms with Crippen molar-refractivity contribution >= 4 is 29.5 Å². The van der Waals surface area contributed by atoms with E-state index in [1.807, 2.05) is 30.5 Å². The third-order valence-corrected chi connectivity index (χ3v) is 5.46. The van der Waals surface area contributed by atoms with Crippen LogP contribution < -0.4 is 5.73 Å². The average molecular weight is 391 g/mol. The van der Waals surface area contributed by atoms with Crippen molar-refractivity contribution in [3.05, 3.63) is 41.1 Å². The van der Waals surface area contributed by atoms with Crippen molar-refractivity contribution < 1.29 is 19.1 Å². The Kier molecular flexibility index (Phi) is 6.70. The zero-order valence-corrected chi connectivity index (χ0v) is 17.2. The summed E-state index contributed by atoms with van der Waals surface area (Å²) in [7, 11) is 0. The first-order chi connectivity index (χ1) is 12.8. The minimum atomic E-state index is -1.31. The Morgan fingerprint density at radius 2 is 1.78 bits per heavy atom. The first-order valence-electron chi connectivity index (χ1n) is 8.84. The number of amidine groups is 1. The summed E-state index contributed by atoms with van der Waals surface area (Å²) in [6, 6.07) is 7.70. The molecule has 1 aliphatic heterocycles. The van der Waals surface area contributed by atoms with Crippen molar-refractivity contribution in [3.63, 3.8) is 0 Å². The van der Waals surface area contributed by atoms with E-state index in [-0.39, 0.29) is 19.0 Å². The van der Waals surface area contributed by atoms with E-state index < -0.39 is 23.3 Å². The monoisotopic (exact) mass is 390 g/mol. The molecule has 0 aliphatic carbocycles. The van der Waals surface area contributed by atoms with Gasteiger partial charge in [-0.25, -0.2) is 9.79 Å². The van der Waals surface area contributed by atoms with Gasteiger partial charge < -0.3 is 15.2 Å². The molecule has 1 heterocycles. The molecule has 0 aromatic heterocycles. The summed E-state index contributed by atoms with van der Waals surface area (Å²) < 4.78 is 10.5. The van der Waals surface area contributed by atoms with Gasteiger partial charge in [-0.3, -0.25) is 4.79 Å². The van der Waals surface area contributed by atoms with Crippen molar-refractivity contribution in [2.24, 2.45) is 16.1 Å². The highest BCUT2D eigenvalue weighted by molar-refractivity contribution is 7.98. The Balaban J connectivity index is 2.70. The number of carbonyl (C=O) groups excluding carboxylic acids is 2. The standard InChI is InChI=1S/C20H26N2O4S/c1-6-25-17(23)15-12(3)22-18(21)20(4,19(24)26-7-2)16(15)13-8-10-14(27-5)11-9-13/h8-11,16H,6-7H2,1-5H3,(H2,21,22). The van der Waals surface area contributed by atoms with Gasteiger partial charge in [0, 0.05) is 10.8 Å². The van der Waals surface area contributed by atoms with Crippen LogP contribution in [0.5, 0.6) is 0 Å². The summed E-state index contributed by atoms with van der Waals surface area (Å²) in [5.41, 5.74) is 6.47. The van der Waals surface area contributed by atoms with E-state index in [2.05, 4.69) is 4.99 Å². The quantitative estimate of drug-likeness (QED) is 0.592. The Morgan fingerprint density at radius 3 is 2.30 bits per heavy atom. The number of aliphatic imine (C=N–C) groups is 1. The van der Waals surface area contributed by atoms with Gasteiger partial charge in [0.1, 0.15) is 11.3 Å². The molecule has 2 N–H and O–H groups in total. The molecule has 0 saturated carbocycles. The van der Waals surface area contributed by atoms with Gasteiger partial charge in [0.2, 0.25) is 0 Å². The van der Waals surface area contributed by atoms with Crippen LogP contribution in [0, 0.1) is 5.41 Å². The fourth-order valence-electron chi connectivity index (χ4n) is 3.28. The van der Waals surface area contributed by atoms with Gasteiger partial charge in [0.25, 0.3) is 0 Å². The number of esters is 2. The van der Waals surface area contributed by atoms with Crippen molar-refractivity contribution in [1.82, 2.24) is 0 Å².